The van der Waals surface area contributed by atoms with E-state index < -0.39 is 0 Å². The topological polar surface area (TPSA) is 46.0 Å². The van der Waals surface area contributed by atoms with E-state index in [2.05, 4.69) is 9.97 Å². The molecule has 0 spiro atoms. The van der Waals surface area contributed by atoms with Gasteiger partial charge < -0.3 is 5.11 Å². The fourth-order valence-electron chi connectivity index (χ4n) is 2.57. The number of aromatic nitrogens is 2. The summed E-state index contributed by atoms with van der Waals surface area (Å²) in [4.78, 5) is 8.85. The zero-order valence-corrected chi connectivity index (χ0v) is 13.0. The summed E-state index contributed by atoms with van der Waals surface area (Å²) in [6.45, 7) is 5.90. The molecule has 3 nitrogen and oxygen atoms in total. The predicted molar refractivity (Wildman–Crippen MR) is 90.8 cm³/mol. The summed E-state index contributed by atoms with van der Waals surface area (Å²) in [5, 5.41) is 11.2. The summed E-state index contributed by atoms with van der Waals surface area (Å²) in [5.41, 5.74) is 5.49. The molecule has 22 heavy (non-hydrogen) atoms. The van der Waals surface area contributed by atoms with Crippen LogP contribution in [0, 0.1) is 20.8 Å². The van der Waals surface area contributed by atoms with Gasteiger partial charge in [-0.25, -0.2) is 4.98 Å². The molecule has 3 heteroatoms. The highest BCUT2D eigenvalue weighted by Gasteiger charge is 2.08. The van der Waals surface area contributed by atoms with Crippen molar-refractivity contribution in [1.29, 1.82) is 0 Å². The Morgan fingerprint density at radius 3 is 2.59 bits per heavy atom. The number of nitrogens with zero attached hydrogens (tertiary/aromatic N) is 2. The van der Waals surface area contributed by atoms with Crippen molar-refractivity contribution in [3.8, 4) is 5.75 Å². The Balaban J connectivity index is 2.06. The molecule has 1 N–H and O–H groups in total. The Morgan fingerprint density at radius 1 is 1.00 bits per heavy atom. The fourth-order valence-corrected chi connectivity index (χ4v) is 2.57. The molecular formula is C19H18N2O. The highest BCUT2D eigenvalue weighted by Crippen LogP contribution is 2.29. The number of aryl methyl sites for hydroxylation is 3. The van der Waals surface area contributed by atoms with Crippen LogP contribution in [0.15, 0.2) is 36.5 Å². The number of phenols is 1. The van der Waals surface area contributed by atoms with E-state index in [0.29, 0.717) is 5.52 Å². The van der Waals surface area contributed by atoms with Crippen LogP contribution in [0.5, 0.6) is 5.75 Å². The van der Waals surface area contributed by atoms with Gasteiger partial charge in [-0.05, 0) is 55.7 Å². The van der Waals surface area contributed by atoms with E-state index in [1.807, 2.05) is 63.3 Å². The van der Waals surface area contributed by atoms with Crippen molar-refractivity contribution < 1.29 is 5.11 Å². The standard InChI is InChI=1S/C19H18N2O/c1-12-11-13(2)19(22)18-17(12)9-8-16(21-18)7-6-15-5-4-10-20-14(15)3/h4-11,22H,1-3H3/b7-6+. The Hall–Kier alpha value is -2.68. The lowest BCUT2D eigenvalue weighted by Crippen LogP contribution is -1.89. The van der Waals surface area contributed by atoms with Crippen LogP contribution >= 0.6 is 0 Å². The molecule has 3 aromatic rings. The molecular weight excluding hydrogens is 272 g/mol. The van der Waals surface area contributed by atoms with Crippen molar-refractivity contribution in [2.24, 2.45) is 0 Å². The van der Waals surface area contributed by atoms with Gasteiger partial charge >= 0.3 is 0 Å². The molecule has 0 aliphatic carbocycles. The van der Waals surface area contributed by atoms with Gasteiger partial charge in [0.15, 0.2) is 0 Å². The van der Waals surface area contributed by atoms with E-state index in [1.165, 1.54) is 0 Å². The number of phenolic OH excluding ortho intramolecular Hbond substituents is 1. The van der Waals surface area contributed by atoms with Gasteiger partial charge in [-0.2, -0.15) is 0 Å². The minimum Gasteiger partial charge on any atom is -0.505 e. The predicted octanol–water partition coefficient (Wildman–Crippen LogP) is 4.43. The maximum Gasteiger partial charge on any atom is 0.144 e. The molecule has 3 rings (SSSR count). The van der Waals surface area contributed by atoms with Crippen LogP contribution in [0.2, 0.25) is 0 Å². The molecule has 0 atom stereocenters. The lowest BCUT2D eigenvalue weighted by atomic mass is 10.0. The molecule has 0 aliphatic rings. The van der Waals surface area contributed by atoms with Gasteiger partial charge in [0.25, 0.3) is 0 Å². The van der Waals surface area contributed by atoms with E-state index in [0.717, 1.165) is 33.5 Å². The van der Waals surface area contributed by atoms with Crippen LogP contribution in [-0.4, -0.2) is 15.1 Å². The third kappa shape index (κ3) is 2.58. The highest BCUT2D eigenvalue weighted by atomic mass is 16.3. The van der Waals surface area contributed by atoms with E-state index >= 15 is 0 Å². The zero-order chi connectivity index (χ0) is 15.7. The molecule has 110 valence electrons. The summed E-state index contributed by atoms with van der Waals surface area (Å²) in [7, 11) is 0. The average molecular weight is 290 g/mol. The Labute approximate surface area is 130 Å². The number of rotatable bonds is 2. The van der Waals surface area contributed by atoms with Crippen LogP contribution in [0.25, 0.3) is 23.1 Å². The first kappa shape index (κ1) is 14.3. The Bertz CT molecular complexity index is 882. The second-order valence-corrected chi connectivity index (χ2v) is 5.50. The van der Waals surface area contributed by atoms with Crippen molar-refractivity contribution in [3.05, 3.63) is 64.6 Å². The van der Waals surface area contributed by atoms with Gasteiger partial charge in [-0.1, -0.05) is 24.3 Å². The van der Waals surface area contributed by atoms with Crippen LogP contribution in [-0.2, 0) is 0 Å². The number of pyridine rings is 2. The summed E-state index contributed by atoms with van der Waals surface area (Å²) in [5.74, 6) is 0.258. The number of benzene rings is 1. The van der Waals surface area contributed by atoms with Crippen LogP contribution < -0.4 is 0 Å². The molecule has 2 heterocycles. The molecule has 0 saturated carbocycles. The second-order valence-electron chi connectivity index (χ2n) is 5.50. The lowest BCUT2D eigenvalue weighted by Gasteiger charge is -2.08. The van der Waals surface area contributed by atoms with Gasteiger partial charge in [0, 0.05) is 17.3 Å². The SMILES string of the molecule is Cc1cc(C)c2ccc(/C=C/c3cccnc3C)nc2c1O. The Morgan fingerprint density at radius 2 is 1.82 bits per heavy atom. The molecule has 0 unspecified atom stereocenters. The second kappa shape index (κ2) is 5.60. The third-order valence-electron chi connectivity index (χ3n) is 3.85. The fraction of sp³-hybridized carbons (Fsp3) is 0.158. The molecule has 0 radical (unpaired) electrons. The first-order valence-corrected chi connectivity index (χ1v) is 7.26. The van der Waals surface area contributed by atoms with Gasteiger partial charge in [0.2, 0.25) is 0 Å². The smallest absolute Gasteiger partial charge is 0.144 e. The average Bonchev–Trinajstić information content (AvgIpc) is 2.52. The third-order valence-corrected chi connectivity index (χ3v) is 3.85. The first-order valence-electron chi connectivity index (χ1n) is 7.26. The summed E-state index contributed by atoms with van der Waals surface area (Å²) in [6, 6.07) is 9.89. The normalized spacial score (nSPS) is 11.4. The monoisotopic (exact) mass is 290 g/mol. The summed E-state index contributed by atoms with van der Waals surface area (Å²) in [6.07, 6.45) is 5.72. The van der Waals surface area contributed by atoms with Crippen LogP contribution in [0.3, 0.4) is 0 Å². The molecule has 0 amide bonds. The van der Waals surface area contributed by atoms with E-state index in [-0.39, 0.29) is 5.75 Å². The number of hydrogen-bond donors (Lipinski definition) is 1. The number of aromatic hydroxyl groups is 1. The summed E-state index contributed by atoms with van der Waals surface area (Å²) < 4.78 is 0. The van der Waals surface area contributed by atoms with Crippen molar-refractivity contribution >= 4 is 23.1 Å². The van der Waals surface area contributed by atoms with Gasteiger partial charge in [0.05, 0.1) is 5.69 Å². The first-order chi connectivity index (χ1) is 10.6. The molecule has 2 aromatic heterocycles. The molecule has 0 saturated heterocycles. The quantitative estimate of drug-likeness (QED) is 0.759. The van der Waals surface area contributed by atoms with Gasteiger partial charge in [-0.3, -0.25) is 4.98 Å². The lowest BCUT2D eigenvalue weighted by molar-refractivity contribution is 0.476. The maximum atomic E-state index is 10.2. The Kier molecular flexibility index (Phi) is 3.63. The van der Waals surface area contributed by atoms with Gasteiger partial charge in [-0.15, -0.1) is 0 Å². The van der Waals surface area contributed by atoms with Gasteiger partial charge in [0.1, 0.15) is 11.3 Å². The largest absolute Gasteiger partial charge is 0.505 e. The van der Waals surface area contributed by atoms with Crippen molar-refractivity contribution in [2.45, 2.75) is 20.8 Å². The number of hydrogen-bond acceptors (Lipinski definition) is 3. The van der Waals surface area contributed by atoms with Crippen LogP contribution in [0.4, 0.5) is 0 Å². The zero-order valence-electron chi connectivity index (χ0n) is 13.0. The van der Waals surface area contributed by atoms with E-state index in [9.17, 15) is 5.11 Å². The number of fused-ring (bicyclic) bond motifs is 1. The highest BCUT2D eigenvalue weighted by molar-refractivity contribution is 5.89. The molecule has 0 bridgehead atoms. The van der Waals surface area contributed by atoms with E-state index in [4.69, 9.17) is 0 Å². The van der Waals surface area contributed by atoms with Crippen LogP contribution in [0.1, 0.15) is 28.1 Å². The minimum absolute atomic E-state index is 0.258. The van der Waals surface area contributed by atoms with Crippen molar-refractivity contribution in [3.63, 3.8) is 0 Å². The maximum absolute atomic E-state index is 10.2. The molecule has 0 aliphatic heterocycles. The summed E-state index contributed by atoms with van der Waals surface area (Å²) >= 11 is 0. The molecule has 1 aromatic carbocycles. The van der Waals surface area contributed by atoms with Crippen molar-refractivity contribution in [2.75, 3.05) is 0 Å². The van der Waals surface area contributed by atoms with Crippen molar-refractivity contribution in [1.82, 2.24) is 9.97 Å². The minimum atomic E-state index is 0.258. The van der Waals surface area contributed by atoms with E-state index in [1.54, 1.807) is 6.20 Å². The molecule has 0 fully saturated rings.